The molecular formula is C21H22N2O4. The van der Waals surface area contributed by atoms with Gasteiger partial charge in [-0.15, -0.1) is 0 Å². The van der Waals surface area contributed by atoms with Crippen LogP contribution in [0.15, 0.2) is 53.1 Å². The first kappa shape index (κ1) is 18.7. The predicted octanol–water partition coefficient (Wildman–Crippen LogP) is 4.07. The highest BCUT2D eigenvalue weighted by Gasteiger charge is 2.11. The lowest BCUT2D eigenvalue weighted by atomic mass is 10.1. The van der Waals surface area contributed by atoms with Crippen molar-refractivity contribution in [2.24, 2.45) is 0 Å². The topological polar surface area (TPSA) is 73.6 Å². The number of methoxy groups -OCH3 is 1. The second-order valence-corrected chi connectivity index (χ2v) is 5.81. The molecule has 0 spiro atoms. The molecule has 6 nitrogen and oxygen atoms in total. The SMILES string of the molecule is CCc1oc2ccccc2c1/C=C/C(=O)Nc1cccnc1OCCOC. The Balaban J connectivity index is 1.75. The Morgan fingerprint density at radius 1 is 1.22 bits per heavy atom. The lowest BCUT2D eigenvalue weighted by Gasteiger charge is -2.09. The maximum Gasteiger partial charge on any atom is 0.248 e. The van der Waals surface area contributed by atoms with Crippen LogP contribution >= 0.6 is 0 Å². The quantitative estimate of drug-likeness (QED) is 0.481. The van der Waals surface area contributed by atoms with Gasteiger partial charge in [-0.25, -0.2) is 4.98 Å². The van der Waals surface area contributed by atoms with Crippen molar-refractivity contribution >= 4 is 28.6 Å². The van der Waals surface area contributed by atoms with Gasteiger partial charge in [0.25, 0.3) is 0 Å². The van der Waals surface area contributed by atoms with Crippen LogP contribution in [0.4, 0.5) is 5.69 Å². The van der Waals surface area contributed by atoms with E-state index >= 15 is 0 Å². The van der Waals surface area contributed by atoms with Crippen LogP contribution in [0.25, 0.3) is 17.0 Å². The molecule has 0 aliphatic heterocycles. The van der Waals surface area contributed by atoms with E-state index in [1.54, 1.807) is 31.5 Å². The molecule has 0 radical (unpaired) electrons. The standard InChI is InChI=1S/C21H22N2O4/c1-3-18-16(15-7-4-5-9-19(15)27-18)10-11-20(24)23-17-8-6-12-22-21(17)26-14-13-25-2/h4-12H,3,13-14H2,1-2H3,(H,23,24)/b11-10+. The summed E-state index contributed by atoms with van der Waals surface area (Å²) in [6, 6.07) is 11.3. The number of anilines is 1. The highest BCUT2D eigenvalue weighted by Crippen LogP contribution is 2.27. The van der Waals surface area contributed by atoms with E-state index in [2.05, 4.69) is 10.3 Å². The summed E-state index contributed by atoms with van der Waals surface area (Å²) in [5.74, 6) is 0.941. The van der Waals surface area contributed by atoms with Crippen LogP contribution in [0.2, 0.25) is 0 Å². The normalized spacial score (nSPS) is 11.2. The number of benzene rings is 1. The van der Waals surface area contributed by atoms with Gasteiger partial charge in [0, 0.05) is 36.8 Å². The number of carbonyl (C=O) groups is 1. The largest absolute Gasteiger partial charge is 0.474 e. The average molecular weight is 366 g/mol. The van der Waals surface area contributed by atoms with Crippen molar-refractivity contribution in [3.8, 4) is 5.88 Å². The van der Waals surface area contributed by atoms with Gasteiger partial charge < -0.3 is 19.2 Å². The van der Waals surface area contributed by atoms with E-state index in [1.807, 2.05) is 31.2 Å². The Kier molecular flexibility index (Phi) is 6.22. The van der Waals surface area contributed by atoms with Crippen LogP contribution in [-0.4, -0.2) is 31.2 Å². The van der Waals surface area contributed by atoms with E-state index in [4.69, 9.17) is 13.9 Å². The minimum Gasteiger partial charge on any atom is -0.474 e. The maximum atomic E-state index is 12.4. The van der Waals surface area contributed by atoms with Gasteiger partial charge in [-0.1, -0.05) is 25.1 Å². The number of rotatable bonds is 8. The minimum atomic E-state index is -0.271. The van der Waals surface area contributed by atoms with Gasteiger partial charge in [-0.05, 0) is 24.3 Å². The van der Waals surface area contributed by atoms with Crippen molar-refractivity contribution < 1.29 is 18.7 Å². The van der Waals surface area contributed by atoms with Gasteiger partial charge in [0.05, 0.1) is 6.61 Å². The second-order valence-electron chi connectivity index (χ2n) is 5.81. The number of pyridine rings is 1. The lowest BCUT2D eigenvalue weighted by Crippen LogP contribution is -2.12. The molecule has 0 saturated carbocycles. The van der Waals surface area contributed by atoms with Crippen molar-refractivity contribution in [2.75, 3.05) is 25.6 Å². The average Bonchev–Trinajstić information content (AvgIpc) is 3.05. The number of fused-ring (bicyclic) bond motifs is 1. The molecule has 1 amide bonds. The molecule has 0 atom stereocenters. The van der Waals surface area contributed by atoms with Gasteiger partial charge in [0.2, 0.25) is 11.8 Å². The monoisotopic (exact) mass is 366 g/mol. The lowest BCUT2D eigenvalue weighted by molar-refractivity contribution is -0.111. The second kappa shape index (κ2) is 9.00. The van der Waals surface area contributed by atoms with E-state index in [1.165, 1.54) is 6.08 Å². The van der Waals surface area contributed by atoms with Crippen molar-refractivity contribution in [2.45, 2.75) is 13.3 Å². The summed E-state index contributed by atoms with van der Waals surface area (Å²) in [6.45, 7) is 2.82. The first-order chi connectivity index (χ1) is 13.2. The molecule has 3 rings (SSSR count). The van der Waals surface area contributed by atoms with E-state index in [9.17, 15) is 4.79 Å². The maximum absolute atomic E-state index is 12.4. The highest BCUT2D eigenvalue weighted by molar-refractivity contribution is 6.04. The van der Waals surface area contributed by atoms with Crippen LogP contribution in [0.3, 0.4) is 0 Å². The number of ether oxygens (including phenoxy) is 2. The van der Waals surface area contributed by atoms with E-state index < -0.39 is 0 Å². The number of amides is 1. The van der Waals surface area contributed by atoms with Gasteiger partial charge in [-0.2, -0.15) is 0 Å². The summed E-state index contributed by atoms with van der Waals surface area (Å²) in [7, 11) is 1.60. The van der Waals surface area contributed by atoms with Crippen molar-refractivity contribution in [1.82, 2.24) is 4.98 Å². The highest BCUT2D eigenvalue weighted by atomic mass is 16.5. The zero-order chi connectivity index (χ0) is 19.1. The summed E-state index contributed by atoms with van der Waals surface area (Å²) >= 11 is 0. The fraction of sp³-hybridized carbons (Fsp3) is 0.238. The Bertz CT molecular complexity index is 946. The number of hydrogen-bond donors (Lipinski definition) is 1. The van der Waals surface area contributed by atoms with Crippen LogP contribution in [0, 0.1) is 0 Å². The third-order valence-electron chi connectivity index (χ3n) is 3.99. The van der Waals surface area contributed by atoms with Crippen molar-refractivity contribution in [1.29, 1.82) is 0 Å². The number of aryl methyl sites for hydroxylation is 1. The summed E-state index contributed by atoms with van der Waals surface area (Å²) in [5, 5.41) is 3.79. The van der Waals surface area contributed by atoms with Crippen LogP contribution < -0.4 is 10.1 Å². The molecule has 1 N–H and O–H groups in total. The molecule has 1 aromatic carbocycles. The number of carbonyl (C=O) groups excluding carboxylic acids is 1. The number of nitrogens with one attached hydrogen (secondary N) is 1. The summed E-state index contributed by atoms with van der Waals surface area (Å²) in [5.41, 5.74) is 2.25. The first-order valence-corrected chi connectivity index (χ1v) is 8.79. The summed E-state index contributed by atoms with van der Waals surface area (Å²) < 4.78 is 16.3. The molecule has 2 aromatic heterocycles. The molecule has 140 valence electrons. The fourth-order valence-electron chi connectivity index (χ4n) is 2.72. The number of aromatic nitrogens is 1. The third kappa shape index (κ3) is 4.54. The Labute approximate surface area is 157 Å². The van der Waals surface area contributed by atoms with Crippen LogP contribution in [-0.2, 0) is 16.0 Å². The molecule has 0 saturated heterocycles. The number of hydrogen-bond acceptors (Lipinski definition) is 5. The molecule has 3 aromatic rings. The molecule has 2 heterocycles. The first-order valence-electron chi connectivity index (χ1n) is 8.79. The van der Waals surface area contributed by atoms with Gasteiger partial charge in [0.1, 0.15) is 23.6 Å². The molecule has 0 fully saturated rings. The van der Waals surface area contributed by atoms with E-state index in [0.717, 1.165) is 28.7 Å². The van der Waals surface area contributed by atoms with Gasteiger partial charge in [-0.3, -0.25) is 4.79 Å². The van der Waals surface area contributed by atoms with Crippen LogP contribution in [0.1, 0.15) is 18.2 Å². The molecule has 27 heavy (non-hydrogen) atoms. The molecule has 0 unspecified atom stereocenters. The zero-order valence-electron chi connectivity index (χ0n) is 15.4. The summed E-state index contributed by atoms with van der Waals surface area (Å²) in [6.07, 6.45) is 5.62. The molecule has 0 aliphatic carbocycles. The number of nitrogens with zero attached hydrogens (tertiary/aromatic N) is 1. The zero-order valence-corrected chi connectivity index (χ0v) is 15.4. The minimum absolute atomic E-state index is 0.271. The third-order valence-corrected chi connectivity index (χ3v) is 3.99. The molecule has 6 heteroatoms. The van der Waals surface area contributed by atoms with Gasteiger partial charge in [0.15, 0.2) is 0 Å². The predicted molar refractivity (Wildman–Crippen MR) is 105 cm³/mol. The molecule has 0 aliphatic rings. The Hall–Kier alpha value is -3.12. The van der Waals surface area contributed by atoms with E-state index in [0.29, 0.717) is 24.8 Å². The van der Waals surface area contributed by atoms with Crippen molar-refractivity contribution in [3.05, 3.63) is 60.0 Å². The smallest absolute Gasteiger partial charge is 0.248 e. The van der Waals surface area contributed by atoms with Crippen molar-refractivity contribution in [3.63, 3.8) is 0 Å². The Morgan fingerprint density at radius 3 is 2.89 bits per heavy atom. The van der Waals surface area contributed by atoms with E-state index in [-0.39, 0.29) is 5.91 Å². The molecule has 0 bridgehead atoms. The molecular weight excluding hydrogens is 344 g/mol. The van der Waals surface area contributed by atoms with Crippen LogP contribution in [0.5, 0.6) is 5.88 Å². The fourth-order valence-corrected chi connectivity index (χ4v) is 2.72. The van der Waals surface area contributed by atoms with Gasteiger partial charge >= 0.3 is 0 Å². The summed E-state index contributed by atoms with van der Waals surface area (Å²) in [4.78, 5) is 16.5. The number of furan rings is 1. The Morgan fingerprint density at radius 2 is 2.07 bits per heavy atom. The number of para-hydroxylation sites is 1.